The van der Waals surface area contributed by atoms with Gasteiger partial charge in [-0.2, -0.15) is 4.39 Å². The molecule has 0 heterocycles. The number of nitrogens with one attached hydrogen (secondary N) is 1. The van der Waals surface area contributed by atoms with E-state index in [1.807, 2.05) is 6.92 Å². The van der Waals surface area contributed by atoms with E-state index < -0.39 is 39.9 Å². The van der Waals surface area contributed by atoms with Gasteiger partial charge in [0.1, 0.15) is 5.82 Å². The van der Waals surface area contributed by atoms with Gasteiger partial charge in [0.25, 0.3) is 0 Å². The molecule has 8 heteroatoms. The molecule has 20 heavy (non-hydrogen) atoms. The van der Waals surface area contributed by atoms with Crippen LogP contribution in [-0.2, 0) is 4.79 Å². The lowest BCUT2D eigenvalue weighted by molar-refractivity contribution is -0.387. The van der Waals surface area contributed by atoms with Gasteiger partial charge in [0.15, 0.2) is 0 Å². The Kier molecular flexibility index (Phi) is 5.09. The predicted molar refractivity (Wildman–Crippen MR) is 69.1 cm³/mol. The zero-order valence-corrected chi connectivity index (χ0v) is 11.0. The van der Waals surface area contributed by atoms with E-state index in [2.05, 4.69) is 5.32 Å². The second kappa shape index (κ2) is 6.38. The number of benzene rings is 1. The number of rotatable bonds is 5. The van der Waals surface area contributed by atoms with Gasteiger partial charge in [0.05, 0.1) is 16.7 Å². The van der Waals surface area contributed by atoms with Gasteiger partial charge in [-0.25, -0.2) is 4.39 Å². The minimum Gasteiger partial charge on any atom is -0.322 e. The van der Waals surface area contributed by atoms with Crippen molar-refractivity contribution in [1.82, 2.24) is 0 Å². The summed E-state index contributed by atoms with van der Waals surface area (Å²) in [4.78, 5) is 21.3. The third kappa shape index (κ3) is 3.47. The average Bonchev–Trinajstić information content (AvgIpc) is 2.39. The molecule has 2 unspecified atom stereocenters. The van der Waals surface area contributed by atoms with Crippen molar-refractivity contribution in [3.8, 4) is 0 Å². The summed E-state index contributed by atoms with van der Waals surface area (Å²) in [6, 6.07) is 0.0949. The maximum Gasteiger partial charge on any atom is 0.307 e. The van der Waals surface area contributed by atoms with Crippen molar-refractivity contribution in [1.29, 1.82) is 0 Å². The number of hydrogen-bond acceptors (Lipinski definition) is 4. The van der Waals surface area contributed by atoms with Crippen LogP contribution in [0.2, 0.25) is 0 Å². The topological polar surface area (TPSA) is 98.3 Å². The van der Waals surface area contributed by atoms with Crippen LogP contribution in [0.3, 0.4) is 0 Å². The molecule has 1 aromatic rings. The second-order valence-corrected chi connectivity index (χ2v) is 4.44. The normalized spacial score (nSPS) is 13.7. The molecule has 0 aliphatic rings. The summed E-state index contributed by atoms with van der Waals surface area (Å²) in [5.74, 6) is -3.23. The Morgan fingerprint density at radius 2 is 2.05 bits per heavy atom. The lowest BCUT2D eigenvalue weighted by atomic mass is 9.99. The molecule has 1 rings (SSSR count). The first kappa shape index (κ1) is 16.0. The fourth-order valence-corrected chi connectivity index (χ4v) is 1.50. The van der Waals surface area contributed by atoms with E-state index in [-0.39, 0.29) is 5.92 Å². The van der Waals surface area contributed by atoms with Crippen LogP contribution in [0.25, 0.3) is 0 Å². The molecular formula is C12H15F2N3O3. The quantitative estimate of drug-likeness (QED) is 0.640. The summed E-state index contributed by atoms with van der Waals surface area (Å²) in [6.07, 6.45) is 0.640. The van der Waals surface area contributed by atoms with Gasteiger partial charge >= 0.3 is 5.69 Å². The number of anilines is 1. The monoisotopic (exact) mass is 287 g/mol. The molecule has 110 valence electrons. The third-order valence-corrected chi connectivity index (χ3v) is 3.05. The molecule has 1 aromatic carbocycles. The summed E-state index contributed by atoms with van der Waals surface area (Å²) >= 11 is 0. The zero-order chi connectivity index (χ0) is 15.4. The Balaban J connectivity index is 3.01. The summed E-state index contributed by atoms with van der Waals surface area (Å²) in [5.41, 5.74) is 4.27. The SMILES string of the molecule is CCC(C)C(N)C(=O)Nc1cc([N+](=O)[O-])c(F)cc1F. The number of halogens is 2. The predicted octanol–water partition coefficient (Wildman–Crippen LogP) is 2.18. The molecule has 0 spiro atoms. The Labute approximate surface area is 114 Å². The van der Waals surface area contributed by atoms with Crippen molar-refractivity contribution < 1.29 is 18.5 Å². The molecule has 0 fully saturated rings. The highest BCUT2D eigenvalue weighted by atomic mass is 19.1. The maximum atomic E-state index is 13.5. The molecule has 6 nitrogen and oxygen atoms in total. The number of carbonyl (C=O) groups excluding carboxylic acids is 1. The third-order valence-electron chi connectivity index (χ3n) is 3.05. The first-order valence-electron chi connectivity index (χ1n) is 5.97. The van der Waals surface area contributed by atoms with E-state index >= 15 is 0 Å². The molecule has 0 bridgehead atoms. The Morgan fingerprint density at radius 3 is 2.55 bits per heavy atom. The molecule has 3 N–H and O–H groups in total. The van der Waals surface area contributed by atoms with Crippen LogP contribution in [-0.4, -0.2) is 16.9 Å². The maximum absolute atomic E-state index is 13.5. The Bertz CT molecular complexity index is 537. The van der Waals surface area contributed by atoms with Gasteiger partial charge < -0.3 is 11.1 Å². The lowest BCUT2D eigenvalue weighted by Gasteiger charge is -2.17. The molecule has 0 aliphatic carbocycles. The first-order chi connectivity index (χ1) is 9.27. The number of nitro groups is 1. The molecule has 0 radical (unpaired) electrons. The molecule has 2 atom stereocenters. The number of amides is 1. The highest BCUT2D eigenvalue weighted by Crippen LogP contribution is 2.25. The fourth-order valence-electron chi connectivity index (χ4n) is 1.50. The molecule has 1 amide bonds. The van der Waals surface area contributed by atoms with Crippen molar-refractivity contribution in [2.24, 2.45) is 11.7 Å². The minimum absolute atomic E-state index is 0.145. The smallest absolute Gasteiger partial charge is 0.307 e. The fraction of sp³-hybridized carbons (Fsp3) is 0.417. The van der Waals surface area contributed by atoms with Crippen LogP contribution in [0.5, 0.6) is 0 Å². The van der Waals surface area contributed by atoms with Crippen LogP contribution < -0.4 is 11.1 Å². The molecular weight excluding hydrogens is 272 g/mol. The lowest BCUT2D eigenvalue weighted by Crippen LogP contribution is -2.40. The van der Waals surface area contributed by atoms with Gasteiger partial charge in [-0.15, -0.1) is 0 Å². The van der Waals surface area contributed by atoms with Crippen LogP contribution in [0.1, 0.15) is 20.3 Å². The standard InChI is InChI=1S/C12H15F2N3O3/c1-3-6(2)11(15)12(18)16-9-5-10(17(19)20)8(14)4-7(9)13/h4-6,11H,3,15H2,1-2H3,(H,16,18). The van der Waals surface area contributed by atoms with E-state index in [0.717, 1.165) is 0 Å². The van der Waals surface area contributed by atoms with E-state index in [0.29, 0.717) is 18.6 Å². The van der Waals surface area contributed by atoms with Crippen LogP contribution in [0.4, 0.5) is 20.2 Å². The van der Waals surface area contributed by atoms with Gasteiger partial charge in [-0.3, -0.25) is 14.9 Å². The largest absolute Gasteiger partial charge is 0.322 e. The summed E-state index contributed by atoms with van der Waals surface area (Å²) in [5, 5.41) is 12.7. The van der Waals surface area contributed by atoms with Crippen LogP contribution >= 0.6 is 0 Å². The van der Waals surface area contributed by atoms with Crippen LogP contribution in [0, 0.1) is 27.7 Å². The number of nitrogens with two attached hydrogens (primary N) is 1. The van der Waals surface area contributed by atoms with Crippen molar-refractivity contribution in [2.45, 2.75) is 26.3 Å². The van der Waals surface area contributed by atoms with Gasteiger partial charge in [-0.1, -0.05) is 20.3 Å². The van der Waals surface area contributed by atoms with Crippen molar-refractivity contribution in [2.75, 3.05) is 5.32 Å². The number of hydrogen-bond donors (Lipinski definition) is 2. The zero-order valence-electron chi connectivity index (χ0n) is 11.0. The van der Waals surface area contributed by atoms with E-state index in [4.69, 9.17) is 5.73 Å². The van der Waals surface area contributed by atoms with Gasteiger partial charge in [-0.05, 0) is 5.92 Å². The number of carbonyl (C=O) groups is 1. The minimum atomic E-state index is -1.31. The molecule has 0 aromatic heterocycles. The average molecular weight is 287 g/mol. The van der Waals surface area contributed by atoms with Gasteiger partial charge in [0, 0.05) is 12.1 Å². The summed E-state index contributed by atoms with van der Waals surface area (Å²) < 4.78 is 26.6. The van der Waals surface area contributed by atoms with Crippen molar-refractivity contribution >= 4 is 17.3 Å². The van der Waals surface area contributed by atoms with Crippen LogP contribution in [0.15, 0.2) is 12.1 Å². The van der Waals surface area contributed by atoms with E-state index in [1.54, 1.807) is 6.92 Å². The second-order valence-electron chi connectivity index (χ2n) is 4.44. The summed E-state index contributed by atoms with van der Waals surface area (Å²) in [7, 11) is 0. The van der Waals surface area contributed by atoms with Gasteiger partial charge in [0.2, 0.25) is 11.7 Å². The molecule has 0 saturated heterocycles. The Hall–Kier alpha value is -2.09. The highest BCUT2D eigenvalue weighted by Gasteiger charge is 2.23. The summed E-state index contributed by atoms with van der Waals surface area (Å²) in [6.45, 7) is 3.58. The molecule has 0 aliphatic heterocycles. The van der Waals surface area contributed by atoms with E-state index in [9.17, 15) is 23.7 Å². The number of nitro benzene ring substituents is 1. The number of nitrogens with zero attached hydrogens (tertiary/aromatic N) is 1. The van der Waals surface area contributed by atoms with Crippen molar-refractivity contribution in [3.63, 3.8) is 0 Å². The first-order valence-corrected chi connectivity index (χ1v) is 5.97. The molecule has 0 saturated carbocycles. The van der Waals surface area contributed by atoms with Crippen molar-refractivity contribution in [3.05, 3.63) is 33.9 Å². The Morgan fingerprint density at radius 1 is 1.45 bits per heavy atom. The highest BCUT2D eigenvalue weighted by molar-refractivity contribution is 5.95. The van der Waals surface area contributed by atoms with E-state index in [1.165, 1.54) is 0 Å².